The van der Waals surface area contributed by atoms with Gasteiger partial charge in [-0.25, -0.2) is 0 Å². The fourth-order valence-electron chi connectivity index (χ4n) is 1.16. The van der Waals surface area contributed by atoms with E-state index in [1.807, 2.05) is 17.5 Å². The van der Waals surface area contributed by atoms with Crippen LogP contribution in [0.3, 0.4) is 0 Å². The standard InChI is InChI=1S/C9H8N4S2/c10-9(14)13-12-5-7-8-6(1-3-11-7)2-4-15-8/h1-5H,(H3,10,13,14). The monoisotopic (exact) mass is 236 g/mol. The van der Waals surface area contributed by atoms with E-state index in [2.05, 4.69) is 27.7 Å². The van der Waals surface area contributed by atoms with E-state index in [4.69, 9.17) is 5.73 Å². The Morgan fingerprint density at radius 1 is 1.60 bits per heavy atom. The summed E-state index contributed by atoms with van der Waals surface area (Å²) >= 11 is 6.25. The molecule has 4 nitrogen and oxygen atoms in total. The Bertz CT molecular complexity index is 518. The van der Waals surface area contributed by atoms with Crippen LogP contribution >= 0.6 is 23.6 Å². The lowest BCUT2D eigenvalue weighted by Gasteiger charge is -1.95. The van der Waals surface area contributed by atoms with E-state index in [0.717, 1.165) is 15.8 Å². The number of hydrogen-bond donors (Lipinski definition) is 2. The minimum atomic E-state index is 0.143. The van der Waals surface area contributed by atoms with E-state index >= 15 is 0 Å². The number of rotatable bonds is 2. The highest BCUT2D eigenvalue weighted by molar-refractivity contribution is 7.80. The summed E-state index contributed by atoms with van der Waals surface area (Å²) in [6.07, 6.45) is 3.36. The topological polar surface area (TPSA) is 63.3 Å². The summed E-state index contributed by atoms with van der Waals surface area (Å²) in [5.41, 5.74) is 8.54. The van der Waals surface area contributed by atoms with E-state index in [1.165, 1.54) is 0 Å². The molecule has 2 aromatic rings. The maximum atomic E-state index is 5.24. The van der Waals surface area contributed by atoms with E-state index < -0.39 is 0 Å². The molecule has 0 aromatic carbocycles. The van der Waals surface area contributed by atoms with Gasteiger partial charge < -0.3 is 5.73 Å². The molecule has 0 bridgehead atoms. The zero-order valence-corrected chi connectivity index (χ0v) is 9.31. The van der Waals surface area contributed by atoms with Crippen LogP contribution in [-0.4, -0.2) is 16.3 Å². The lowest BCUT2D eigenvalue weighted by molar-refractivity contribution is 1.04. The lowest BCUT2D eigenvalue weighted by Crippen LogP contribution is -2.24. The van der Waals surface area contributed by atoms with E-state index in [1.54, 1.807) is 23.7 Å². The van der Waals surface area contributed by atoms with Gasteiger partial charge in [-0.05, 0) is 35.1 Å². The van der Waals surface area contributed by atoms with Crippen LogP contribution < -0.4 is 11.2 Å². The molecule has 0 amide bonds. The molecule has 76 valence electrons. The molecule has 15 heavy (non-hydrogen) atoms. The Hall–Kier alpha value is -1.53. The second-order valence-electron chi connectivity index (χ2n) is 2.77. The summed E-state index contributed by atoms with van der Waals surface area (Å²) in [5, 5.41) is 7.19. The third-order valence-corrected chi connectivity index (χ3v) is 2.80. The van der Waals surface area contributed by atoms with Crippen LogP contribution in [0.5, 0.6) is 0 Å². The molecule has 0 fully saturated rings. The number of nitrogens with two attached hydrogens (primary N) is 1. The molecule has 2 heterocycles. The molecule has 6 heteroatoms. The van der Waals surface area contributed by atoms with Crippen molar-refractivity contribution in [1.82, 2.24) is 10.4 Å². The van der Waals surface area contributed by atoms with E-state index in [9.17, 15) is 0 Å². The van der Waals surface area contributed by atoms with Gasteiger partial charge in [0.05, 0.1) is 10.9 Å². The molecule has 0 atom stereocenters. The smallest absolute Gasteiger partial charge is 0.184 e. The number of fused-ring (bicyclic) bond motifs is 1. The number of thiocarbonyl (C=S) groups is 1. The second kappa shape index (κ2) is 4.33. The molecule has 0 spiro atoms. The summed E-state index contributed by atoms with van der Waals surface area (Å²) in [4.78, 5) is 4.21. The Kier molecular flexibility index (Phi) is 2.89. The number of hydrazone groups is 1. The van der Waals surface area contributed by atoms with Crippen molar-refractivity contribution in [1.29, 1.82) is 0 Å². The van der Waals surface area contributed by atoms with Crippen LogP contribution in [-0.2, 0) is 0 Å². The van der Waals surface area contributed by atoms with Gasteiger partial charge >= 0.3 is 0 Å². The predicted octanol–water partition coefficient (Wildman–Crippen LogP) is 1.46. The zero-order valence-electron chi connectivity index (χ0n) is 7.68. The number of aromatic nitrogens is 1. The molecule has 3 N–H and O–H groups in total. The SMILES string of the molecule is NC(=S)NN=Cc1nccc2ccsc12. The first-order chi connectivity index (χ1) is 7.27. The Labute approximate surface area is 95.8 Å². The Morgan fingerprint density at radius 3 is 3.27 bits per heavy atom. The molecule has 0 saturated heterocycles. The van der Waals surface area contributed by atoms with Crippen LogP contribution in [0.2, 0.25) is 0 Å². The molecule has 0 aliphatic rings. The largest absolute Gasteiger partial charge is 0.375 e. The van der Waals surface area contributed by atoms with Crippen molar-refractivity contribution < 1.29 is 0 Å². The highest BCUT2D eigenvalue weighted by atomic mass is 32.1. The summed E-state index contributed by atoms with van der Waals surface area (Å²) < 4.78 is 1.10. The molecule has 0 saturated carbocycles. The average Bonchev–Trinajstić information content (AvgIpc) is 2.65. The van der Waals surface area contributed by atoms with Gasteiger partial charge in [-0.1, -0.05) is 0 Å². The molecule has 0 aliphatic heterocycles. The number of thiophene rings is 1. The summed E-state index contributed by atoms with van der Waals surface area (Å²) in [6.45, 7) is 0. The lowest BCUT2D eigenvalue weighted by atomic mass is 10.3. The van der Waals surface area contributed by atoms with Gasteiger partial charge in [0, 0.05) is 6.20 Å². The Balaban J connectivity index is 2.31. The van der Waals surface area contributed by atoms with Gasteiger partial charge in [0.15, 0.2) is 5.11 Å². The van der Waals surface area contributed by atoms with Gasteiger partial charge in [-0.2, -0.15) is 5.10 Å². The Morgan fingerprint density at radius 2 is 2.47 bits per heavy atom. The van der Waals surface area contributed by atoms with Crippen molar-refractivity contribution in [3.8, 4) is 0 Å². The summed E-state index contributed by atoms with van der Waals surface area (Å²) in [7, 11) is 0. The first-order valence-electron chi connectivity index (χ1n) is 4.18. The molecule has 0 aliphatic carbocycles. The number of nitrogens with zero attached hydrogens (tertiary/aromatic N) is 2. The quantitative estimate of drug-likeness (QED) is 0.471. The first-order valence-corrected chi connectivity index (χ1v) is 5.47. The van der Waals surface area contributed by atoms with Crippen molar-refractivity contribution in [3.63, 3.8) is 0 Å². The van der Waals surface area contributed by atoms with Gasteiger partial charge in [0.1, 0.15) is 5.69 Å². The normalized spacial score (nSPS) is 10.9. The maximum Gasteiger partial charge on any atom is 0.184 e. The van der Waals surface area contributed by atoms with E-state index in [-0.39, 0.29) is 5.11 Å². The molecule has 0 unspecified atom stereocenters. The van der Waals surface area contributed by atoms with Gasteiger partial charge in [-0.3, -0.25) is 10.4 Å². The number of nitrogens with one attached hydrogen (secondary N) is 1. The number of hydrogen-bond acceptors (Lipinski definition) is 4. The van der Waals surface area contributed by atoms with E-state index in [0.29, 0.717) is 0 Å². The van der Waals surface area contributed by atoms with Gasteiger partial charge in [-0.15, -0.1) is 11.3 Å². The van der Waals surface area contributed by atoms with Crippen molar-refractivity contribution in [2.24, 2.45) is 10.8 Å². The van der Waals surface area contributed by atoms with Crippen molar-refractivity contribution in [2.75, 3.05) is 0 Å². The molecule has 2 rings (SSSR count). The zero-order chi connectivity index (χ0) is 10.7. The minimum absolute atomic E-state index is 0.143. The average molecular weight is 236 g/mol. The highest BCUT2D eigenvalue weighted by Crippen LogP contribution is 2.21. The molecule has 2 aromatic heterocycles. The molecular weight excluding hydrogens is 228 g/mol. The molecule has 0 radical (unpaired) electrons. The summed E-state index contributed by atoms with van der Waals surface area (Å²) in [6, 6.07) is 4.00. The second-order valence-corrected chi connectivity index (χ2v) is 4.13. The maximum absolute atomic E-state index is 5.24. The van der Waals surface area contributed by atoms with Crippen LogP contribution in [0, 0.1) is 0 Å². The highest BCUT2D eigenvalue weighted by Gasteiger charge is 2.00. The van der Waals surface area contributed by atoms with Crippen LogP contribution in [0.25, 0.3) is 10.1 Å². The fraction of sp³-hybridized carbons (Fsp3) is 0. The van der Waals surface area contributed by atoms with Crippen molar-refractivity contribution >= 4 is 45.0 Å². The first kappa shape index (κ1) is 10.0. The van der Waals surface area contributed by atoms with Crippen LogP contribution in [0.15, 0.2) is 28.8 Å². The predicted molar refractivity (Wildman–Crippen MR) is 67.1 cm³/mol. The minimum Gasteiger partial charge on any atom is -0.375 e. The van der Waals surface area contributed by atoms with Gasteiger partial charge in [0.25, 0.3) is 0 Å². The van der Waals surface area contributed by atoms with Crippen molar-refractivity contribution in [3.05, 3.63) is 29.4 Å². The van der Waals surface area contributed by atoms with Crippen LogP contribution in [0.1, 0.15) is 5.69 Å². The van der Waals surface area contributed by atoms with Crippen molar-refractivity contribution in [2.45, 2.75) is 0 Å². The van der Waals surface area contributed by atoms with Gasteiger partial charge in [0.2, 0.25) is 0 Å². The number of pyridine rings is 1. The fourth-order valence-corrected chi connectivity index (χ4v) is 2.07. The third-order valence-electron chi connectivity index (χ3n) is 1.76. The summed E-state index contributed by atoms with van der Waals surface area (Å²) in [5.74, 6) is 0. The molecular formula is C9H8N4S2. The van der Waals surface area contributed by atoms with Crippen LogP contribution in [0.4, 0.5) is 0 Å². The third kappa shape index (κ3) is 2.28.